The summed E-state index contributed by atoms with van der Waals surface area (Å²) in [5.74, 6) is -4.26. The van der Waals surface area contributed by atoms with Crippen LogP contribution in [-0.4, -0.2) is 108 Å². The van der Waals surface area contributed by atoms with Crippen molar-refractivity contribution in [2.45, 2.75) is 50.3 Å². The molecule has 0 saturated carbocycles. The lowest BCUT2D eigenvalue weighted by atomic mass is 10.0. The molecule has 19 nitrogen and oxygen atoms in total. The highest BCUT2D eigenvalue weighted by molar-refractivity contribution is 8.00. The lowest BCUT2D eigenvalue weighted by Crippen LogP contribution is -2.71. The van der Waals surface area contributed by atoms with E-state index in [4.69, 9.17) is 19.3 Å². The largest absolute Gasteiger partial charge is 0.543 e. The number of nitrogens with one attached hydrogen (secondary N) is 1. The quantitative estimate of drug-likeness (QED) is 0.0871. The average Bonchev–Trinajstić information content (AvgIpc) is 3.86. The number of allylic oxidation sites excluding steroid dienone is 1. The fourth-order valence-electron chi connectivity index (χ4n) is 5.90. The van der Waals surface area contributed by atoms with Gasteiger partial charge in [-0.25, -0.2) is 9.59 Å². The van der Waals surface area contributed by atoms with Crippen molar-refractivity contribution in [2.75, 3.05) is 31.1 Å². The zero-order valence-corrected chi connectivity index (χ0v) is 26.7. The fourth-order valence-corrected chi connectivity index (χ4v) is 7.64. The summed E-state index contributed by atoms with van der Waals surface area (Å²) < 4.78 is 18.9. The van der Waals surface area contributed by atoms with E-state index in [1.54, 1.807) is 11.8 Å². The Morgan fingerprint density at radius 1 is 1.23 bits per heavy atom. The number of carboxylic acids is 1. The number of β-lactam (4-membered cyclic amide) rings is 1. The number of nitrogens with two attached hydrogens (primary N) is 1. The van der Waals surface area contributed by atoms with Crippen LogP contribution < -0.4 is 22.0 Å². The Kier molecular flexibility index (Phi) is 8.97. The van der Waals surface area contributed by atoms with Gasteiger partial charge in [0.05, 0.1) is 17.7 Å². The van der Waals surface area contributed by atoms with Crippen molar-refractivity contribution in [1.82, 2.24) is 29.4 Å². The summed E-state index contributed by atoms with van der Waals surface area (Å²) in [4.78, 5) is 83.3. The molecule has 0 unspecified atom stereocenters. The van der Waals surface area contributed by atoms with Crippen LogP contribution in [0, 0.1) is 0 Å². The molecule has 6 rings (SSSR count). The molecule has 4 N–H and O–H groups in total. The van der Waals surface area contributed by atoms with Gasteiger partial charge < -0.3 is 49.5 Å². The number of thioether (sulfide) groups is 1. The normalized spacial score (nSPS) is 23.5. The maximum Gasteiger partial charge on any atom is 0.519 e. The molecule has 2 aromatic heterocycles. The molecular weight excluding hydrogens is 676 g/mol. The monoisotopic (exact) mass is 703 g/mol. The van der Waals surface area contributed by atoms with Crippen molar-refractivity contribution in [3.63, 3.8) is 0 Å². The highest BCUT2D eigenvalue weighted by atomic mass is 32.2. The first-order valence-corrected chi connectivity index (χ1v) is 16.4. The minimum atomic E-state index is -1.63. The van der Waals surface area contributed by atoms with Gasteiger partial charge in [-0.05, 0) is 24.5 Å². The first kappa shape index (κ1) is 32.7. The number of rotatable bonds is 9. The predicted molar refractivity (Wildman–Crippen MR) is 161 cm³/mol. The standard InChI is InChI=1S/C27H28N8O11S2/c1-2-14-15(46-27(42)45-14)9-44-26(41)33-5-4-13(8-33)34-6-3-11(21(34)37)7-12-10-47-23-17(22(38)35(23)18(12)24(39)40)29-20(36)16(31-43)19-30-25(28)48-32-19/h7,13,17,23,43H,2-6,8-10H2,1H3,(H,29,36)(H,39,40)(H2,28,30,32)/p-1/b11-7+,31-16-/t13-,17-,23-/m1/s1. The Morgan fingerprint density at radius 2 is 2.00 bits per heavy atom. The summed E-state index contributed by atoms with van der Waals surface area (Å²) in [5.41, 5.74) is 5.08. The Balaban J connectivity index is 1.09. The van der Waals surface area contributed by atoms with Gasteiger partial charge in [-0.3, -0.25) is 19.3 Å². The highest BCUT2D eigenvalue weighted by Gasteiger charge is 2.53. The van der Waals surface area contributed by atoms with Gasteiger partial charge in [0.25, 0.3) is 11.8 Å². The molecule has 0 bridgehead atoms. The highest BCUT2D eigenvalue weighted by Crippen LogP contribution is 2.41. The summed E-state index contributed by atoms with van der Waals surface area (Å²) >= 11 is 1.94. The second-order valence-electron chi connectivity index (χ2n) is 10.9. The molecule has 6 heterocycles. The van der Waals surface area contributed by atoms with Gasteiger partial charge >= 0.3 is 11.9 Å². The van der Waals surface area contributed by atoms with Gasteiger partial charge in [-0.1, -0.05) is 12.1 Å². The zero-order chi connectivity index (χ0) is 34.3. The average molecular weight is 704 g/mol. The summed E-state index contributed by atoms with van der Waals surface area (Å²) in [7, 11) is 0. The predicted octanol–water partition coefficient (Wildman–Crippen LogP) is -1.62. The molecule has 2 aromatic rings. The Bertz CT molecular complexity index is 1850. The molecule has 0 spiro atoms. The molecule has 21 heteroatoms. The lowest BCUT2D eigenvalue weighted by Gasteiger charge is -2.50. The minimum Gasteiger partial charge on any atom is -0.543 e. The molecule has 4 aliphatic rings. The second-order valence-corrected chi connectivity index (χ2v) is 12.8. The number of amides is 4. The summed E-state index contributed by atoms with van der Waals surface area (Å²) in [6.07, 6.45) is 2.00. The first-order chi connectivity index (χ1) is 23.0. The minimum absolute atomic E-state index is 0.0258. The van der Waals surface area contributed by atoms with Crippen LogP contribution >= 0.6 is 23.3 Å². The van der Waals surface area contributed by atoms with Crippen LogP contribution in [0.3, 0.4) is 0 Å². The topological polar surface area (TPSA) is 267 Å². The summed E-state index contributed by atoms with van der Waals surface area (Å²) in [6.45, 7) is 2.36. The number of fused-ring (bicyclic) bond motifs is 1. The number of hydrogen-bond acceptors (Lipinski definition) is 17. The van der Waals surface area contributed by atoms with E-state index in [0.717, 1.165) is 16.4 Å². The molecule has 0 aromatic carbocycles. The van der Waals surface area contributed by atoms with Gasteiger partial charge in [0, 0.05) is 48.9 Å². The van der Waals surface area contributed by atoms with Crippen molar-refractivity contribution in [3.8, 4) is 0 Å². The van der Waals surface area contributed by atoms with Crippen LogP contribution in [0.4, 0.5) is 9.93 Å². The molecule has 4 amide bonds. The van der Waals surface area contributed by atoms with Gasteiger partial charge in [0.2, 0.25) is 17.4 Å². The maximum absolute atomic E-state index is 13.4. The molecule has 3 saturated heterocycles. The van der Waals surface area contributed by atoms with E-state index in [0.29, 0.717) is 43.7 Å². The Hall–Kier alpha value is -5.18. The van der Waals surface area contributed by atoms with Crippen LogP contribution in [0.2, 0.25) is 0 Å². The third kappa shape index (κ3) is 6.01. The number of aromatic nitrogens is 2. The number of nitrogen functional groups attached to an aromatic ring is 1. The number of ether oxygens (including phenoxy) is 1. The zero-order valence-electron chi connectivity index (χ0n) is 25.1. The molecular formula is C27H27N8O11S2-. The van der Waals surface area contributed by atoms with E-state index >= 15 is 0 Å². The van der Waals surface area contributed by atoms with Crippen LogP contribution in [0.15, 0.2) is 41.7 Å². The fraction of sp³-hybridized carbons (Fsp3) is 0.444. The van der Waals surface area contributed by atoms with E-state index in [-0.39, 0.29) is 53.1 Å². The van der Waals surface area contributed by atoms with E-state index in [2.05, 4.69) is 19.8 Å². The van der Waals surface area contributed by atoms with Crippen molar-refractivity contribution in [1.29, 1.82) is 0 Å². The van der Waals surface area contributed by atoms with E-state index in [1.807, 2.05) is 0 Å². The Morgan fingerprint density at radius 3 is 2.69 bits per heavy atom. The van der Waals surface area contributed by atoms with Gasteiger partial charge in [0.1, 0.15) is 11.4 Å². The van der Waals surface area contributed by atoms with E-state index in [1.165, 1.54) is 22.7 Å². The SMILES string of the molecule is CCc1oc(=O)oc1COC(=O)N1CC[C@@H](N2CC/C(=C\C3=C(C(=O)[O-])N4C(=O)[C@@H](NC(=O)/C(=N\O)c5nsc(N)n5)[C@H]4SC3)C2=O)C1. The van der Waals surface area contributed by atoms with E-state index < -0.39 is 52.5 Å². The van der Waals surface area contributed by atoms with Crippen molar-refractivity contribution >= 4 is 63.9 Å². The van der Waals surface area contributed by atoms with Crippen LogP contribution in [-0.2, 0) is 36.9 Å². The smallest absolute Gasteiger partial charge is 0.519 e. The third-order valence-electron chi connectivity index (χ3n) is 8.19. The van der Waals surface area contributed by atoms with Gasteiger partial charge in [-0.15, -0.1) is 11.8 Å². The van der Waals surface area contributed by atoms with Crippen molar-refractivity contribution in [3.05, 3.63) is 50.9 Å². The van der Waals surface area contributed by atoms with Crippen LogP contribution in [0.5, 0.6) is 0 Å². The van der Waals surface area contributed by atoms with Gasteiger partial charge in [0.15, 0.2) is 23.3 Å². The molecule has 3 atom stereocenters. The number of aryl methyl sites for hydroxylation is 1. The number of nitrogens with zero attached hydrogens (tertiary/aromatic N) is 6. The maximum atomic E-state index is 13.4. The van der Waals surface area contributed by atoms with Crippen LogP contribution in [0.1, 0.15) is 37.1 Å². The first-order valence-electron chi connectivity index (χ1n) is 14.6. The molecule has 4 aliphatic heterocycles. The number of oxime groups is 1. The lowest BCUT2D eigenvalue weighted by molar-refractivity contribution is -0.301. The molecule has 48 heavy (non-hydrogen) atoms. The van der Waals surface area contributed by atoms with E-state index in [9.17, 15) is 39.1 Å². The molecule has 254 valence electrons. The number of aliphatic carboxylic acids is 1. The third-order valence-corrected chi connectivity index (χ3v) is 10.0. The summed E-state index contributed by atoms with van der Waals surface area (Å²) in [6, 6.07) is -1.45. The molecule has 0 radical (unpaired) electrons. The van der Waals surface area contributed by atoms with Crippen molar-refractivity contribution < 1.29 is 47.9 Å². The number of anilines is 1. The number of carbonyl (C=O) groups excluding carboxylic acids is 5. The van der Waals surface area contributed by atoms with Crippen molar-refractivity contribution in [2.24, 2.45) is 5.16 Å². The number of carbonyl (C=O) groups is 5. The Labute approximate surface area is 278 Å². The van der Waals surface area contributed by atoms with Gasteiger partial charge in [-0.2, -0.15) is 9.36 Å². The summed E-state index contributed by atoms with van der Waals surface area (Å²) in [5, 5.41) is 26.1. The molecule has 3 fully saturated rings. The number of carboxylic acid groups (broad SMARTS) is 1. The van der Waals surface area contributed by atoms with Crippen LogP contribution in [0.25, 0.3) is 0 Å². The number of likely N-dealkylation sites (tertiary alicyclic amines) is 2. The number of hydrogen-bond donors (Lipinski definition) is 3. The second kappa shape index (κ2) is 13.1. The molecule has 0 aliphatic carbocycles.